The van der Waals surface area contributed by atoms with Crippen LogP contribution in [0.25, 0.3) is 0 Å². The highest BCUT2D eigenvalue weighted by Crippen LogP contribution is 2.20. The van der Waals surface area contributed by atoms with Crippen molar-refractivity contribution in [1.82, 2.24) is 4.90 Å². The molecule has 0 radical (unpaired) electrons. The minimum Gasteiger partial charge on any atom is -0.396 e. The van der Waals surface area contributed by atoms with E-state index in [1.807, 2.05) is 11.8 Å². The lowest BCUT2D eigenvalue weighted by Crippen LogP contribution is -2.49. The minimum atomic E-state index is -0.291. The summed E-state index contributed by atoms with van der Waals surface area (Å²) < 4.78 is 0. The lowest BCUT2D eigenvalue weighted by molar-refractivity contribution is -0.141. The fourth-order valence-corrected chi connectivity index (χ4v) is 1.42. The molecule has 1 unspecified atom stereocenters. The summed E-state index contributed by atoms with van der Waals surface area (Å²) in [5, 5.41) is 8.94. The lowest BCUT2D eigenvalue weighted by atomic mass is 9.97. The highest BCUT2D eigenvalue weighted by molar-refractivity contribution is 5.79. The number of hydrogen-bond donors (Lipinski definition) is 1. The van der Waals surface area contributed by atoms with E-state index < -0.39 is 0 Å². The Morgan fingerprint density at radius 3 is 2.21 bits per heavy atom. The van der Waals surface area contributed by atoms with Gasteiger partial charge in [-0.2, -0.15) is 0 Å². The van der Waals surface area contributed by atoms with Crippen molar-refractivity contribution in [3.05, 3.63) is 0 Å². The molecule has 84 valence electrons. The number of aliphatic hydroxyl groups excluding tert-OH is 1. The summed E-state index contributed by atoms with van der Waals surface area (Å²) in [4.78, 5) is 13.7. The van der Waals surface area contributed by atoms with Crippen LogP contribution >= 0.6 is 0 Å². The van der Waals surface area contributed by atoms with Gasteiger partial charge in [-0.05, 0) is 27.2 Å². The summed E-state index contributed by atoms with van der Waals surface area (Å²) in [6.07, 6.45) is 0.921. The van der Waals surface area contributed by atoms with E-state index in [2.05, 4.69) is 20.8 Å². The Labute approximate surface area is 87.1 Å². The summed E-state index contributed by atoms with van der Waals surface area (Å²) in [5.41, 5.74) is -0.116. The van der Waals surface area contributed by atoms with E-state index in [9.17, 15) is 4.79 Å². The third kappa shape index (κ3) is 2.98. The number of hydrogen-bond acceptors (Lipinski definition) is 2. The van der Waals surface area contributed by atoms with Crippen molar-refractivity contribution in [2.24, 2.45) is 5.92 Å². The molecule has 0 aromatic rings. The van der Waals surface area contributed by atoms with Gasteiger partial charge in [0.05, 0.1) is 12.5 Å². The number of aliphatic hydroxyl groups is 1. The molecule has 0 aliphatic rings. The van der Waals surface area contributed by atoms with Crippen LogP contribution in [0.2, 0.25) is 0 Å². The number of carbonyl (C=O) groups is 1. The molecule has 1 N–H and O–H groups in total. The molecule has 0 saturated carbocycles. The van der Waals surface area contributed by atoms with Crippen LogP contribution in [0.3, 0.4) is 0 Å². The Bertz CT molecular complexity index is 190. The van der Waals surface area contributed by atoms with Crippen LogP contribution in [0.1, 0.15) is 41.0 Å². The molecule has 0 fully saturated rings. The average Bonchev–Trinajstić information content (AvgIpc) is 2.17. The Kier molecular flexibility index (Phi) is 5.13. The number of rotatable bonds is 5. The molecular weight excluding hydrogens is 178 g/mol. The summed E-state index contributed by atoms with van der Waals surface area (Å²) >= 11 is 0. The minimum absolute atomic E-state index is 0.0434. The molecule has 0 aliphatic heterocycles. The Hall–Kier alpha value is -0.570. The quantitative estimate of drug-likeness (QED) is 0.734. The predicted octanol–water partition coefficient (Wildman–Crippen LogP) is 1.65. The second-order valence-electron chi connectivity index (χ2n) is 4.33. The van der Waals surface area contributed by atoms with Crippen molar-refractivity contribution < 1.29 is 9.90 Å². The number of amides is 1. The third-order valence-electron chi connectivity index (χ3n) is 2.87. The van der Waals surface area contributed by atoms with E-state index in [0.29, 0.717) is 6.54 Å². The van der Waals surface area contributed by atoms with Gasteiger partial charge in [-0.1, -0.05) is 13.8 Å². The lowest BCUT2D eigenvalue weighted by Gasteiger charge is -2.38. The van der Waals surface area contributed by atoms with E-state index in [1.165, 1.54) is 0 Å². The predicted molar refractivity (Wildman–Crippen MR) is 58.0 cm³/mol. The molecule has 1 atom stereocenters. The number of carbonyl (C=O) groups excluding carboxylic acids is 1. The molecular formula is C11H23NO2. The fourth-order valence-electron chi connectivity index (χ4n) is 1.42. The Morgan fingerprint density at radius 1 is 1.43 bits per heavy atom. The van der Waals surface area contributed by atoms with Crippen LogP contribution in [0, 0.1) is 5.92 Å². The van der Waals surface area contributed by atoms with Gasteiger partial charge in [-0.25, -0.2) is 0 Å². The van der Waals surface area contributed by atoms with Crippen molar-refractivity contribution >= 4 is 5.91 Å². The molecule has 0 heterocycles. The van der Waals surface area contributed by atoms with Crippen molar-refractivity contribution in [2.75, 3.05) is 13.2 Å². The zero-order valence-corrected chi connectivity index (χ0v) is 10.0. The first-order chi connectivity index (χ1) is 6.40. The van der Waals surface area contributed by atoms with Gasteiger partial charge in [-0.3, -0.25) is 4.79 Å². The molecule has 3 nitrogen and oxygen atoms in total. The van der Waals surface area contributed by atoms with Crippen LogP contribution in [0.4, 0.5) is 0 Å². The van der Waals surface area contributed by atoms with Gasteiger partial charge in [0.15, 0.2) is 0 Å². The van der Waals surface area contributed by atoms with Crippen LogP contribution < -0.4 is 0 Å². The van der Waals surface area contributed by atoms with Gasteiger partial charge in [0, 0.05) is 12.1 Å². The Morgan fingerprint density at radius 2 is 1.93 bits per heavy atom. The molecule has 3 heteroatoms. The first-order valence-electron chi connectivity index (χ1n) is 5.33. The smallest absolute Gasteiger partial charge is 0.228 e. The monoisotopic (exact) mass is 201 g/mol. The summed E-state index contributed by atoms with van der Waals surface area (Å²) in [6, 6.07) is 0. The van der Waals surface area contributed by atoms with Crippen LogP contribution in [0.15, 0.2) is 0 Å². The molecule has 0 spiro atoms. The van der Waals surface area contributed by atoms with Gasteiger partial charge in [-0.15, -0.1) is 0 Å². The Balaban J connectivity index is 4.64. The van der Waals surface area contributed by atoms with Gasteiger partial charge in [0.2, 0.25) is 5.91 Å². The topological polar surface area (TPSA) is 40.5 Å². The van der Waals surface area contributed by atoms with E-state index in [1.54, 1.807) is 6.92 Å². The van der Waals surface area contributed by atoms with Crippen molar-refractivity contribution in [1.29, 1.82) is 0 Å². The average molecular weight is 201 g/mol. The van der Waals surface area contributed by atoms with E-state index >= 15 is 0 Å². The summed E-state index contributed by atoms with van der Waals surface area (Å²) in [5.74, 6) is -0.248. The van der Waals surface area contributed by atoms with Crippen molar-refractivity contribution in [3.8, 4) is 0 Å². The second kappa shape index (κ2) is 5.35. The highest BCUT2D eigenvalue weighted by atomic mass is 16.3. The molecule has 14 heavy (non-hydrogen) atoms. The first kappa shape index (κ1) is 13.4. The number of nitrogens with zero attached hydrogens (tertiary/aromatic N) is 1. The molecule has 0 aromatic heterocycles. The summed E-state index contributed by atoms with van der Waals surface area (Å²) in [7, 11) is 0. The maximum absolute atomic E-state index is 11.9. The highest BCUT2D eigenvalue weighted by Gasteiger charge is 2.30. The van der Waals surface area contributed by atoms with E-state index in [-0.39, 0.29) is 24.0 Å². The maximum Gasteiger partial charge on any atom is 0.228 e. The standard InChI is InChI=1S/C11H23NO2/c1-6-11(4,5)12(7-2)10(14)9(3)8-13/h9,13H,6-8H2,1-5H3. The van der Waals surface area contributed by atoms with Crippen LogP contribution in [-0.2, 0) is 4.79 Å². The van der Waals surface area contributed by atoms with Gasteiger partial charge >= 0.3 is 0 Å². The van der Waals surface area contributed by atoms with Crippen LogP contribution in [-0.4, -0.2) is 34.6 Å². The third-order valence-corrected chi connectivity index (χ3v) is 2.87. The fraction of sp³-hybridized carbons (Fsp3) is 0.909. The first-order valence-corrected chi connectivity index (χ1v) is 5.33. The maximum atomic E-state index is 11.9. The molecule has 0 aliphatic carbocycles. The molecule has 0 saturated heterocycles. The molecule has 0 bridgehead atoms. The van der Waals surface area contributed by atoms with E-state index in [4.69, 9.17) is 5.11 Å². The van der Waals surface area contributed by atoms with Crippen molar-refractivity contribution in [3.63, 3.8) is 0 Å². The van der Waals surface area contributed by atoms with Gasteiger partial charge in [0.25, 0.3) is 0 Å². The normalized spacial score (nSPS) is 13.9. The largest absolute Gasteiger partial charge is 0.396 e. The van der Waals surface area contributed by atoms with Crippen LogP contribution in [0.5, 0.6) is 0 Å². The van der Waals surface area contributed by atoms with Crippen molar-refractivity contribution in [2.45, 2.75) is 46.6 Å². The zero-order valence-electron chi connectivity index (χ0n) is 10.0. The molecule has 0 rings (SSSR count). The van der Waals surface area contributed by atoms with Gasteiger partial charge < -0.3 is 10.0 Å². The van der Waals surface area contributed by atoms with Gasteiger partial charge in [0.1, 0.15) is 0 Å². The molecule has 0 aromatic carbocycles. The SMILES string of the molecule is CCN(C(=O)C(C)CO)C(C)(C)CC. The zero-order chi connectivity index (χ0) is 11.4. The molecule has 1 amide bonds. The van der Waals surface area contributed by atoms with E-state index in [0.717, 1.165) is 6.42 Å². The summed E-state index contributed by atoms with van der Waals surface area (Å²) in [6.45, 7) is 10.5. The second-order valence-corrected chi connectivity index (χ2v) is 4.33.